The van der Waals surface area contributed by atoms with Crippen LogP contribution in [-0.2, 0) is 0 Å². The molecular formula is C13H16ClNO2. The van der Waals surface area contributed by atoms with Gasteiger partial charge in [-0.3, -0.25) is 4.79 Å². The van der Waals surface area contributed by atoms with Crippen LogP contribution in [-0.4, -0.2) is 30.1 Å². The van der Waals surface area contributed by atoms with Gasteiger partial charge < -0.3 is 10.0 Å². The van der Waals surface area contributed by atoms with E-state index in [1.807, 2.05) is 12.1 Å². The topological polar surface area (TPSA) is 40.5 Å². The third kappa shape index (κ3) is 2.45. The number of benzene rings is 1. The Balaban J connectivity index is 2.28. The summed E-state index contributed by atoms with van der Waals surface area (Å²) < 4.78 is 0. The van der Waals surface area contributed by atoms with Crippen molar-refractivity contribution in [3.8, 4) is 0 Å². The summed E-state index contributed by atoms with van der Waals surface area (Å²) in [6.07, 6.45) is 2.08. The molecular weight excluding hydrogens is 238 g/mol. The number of aliphatic hydroxyl groups is 1. The van der Waals surface area contributed by atoms with E-state index >= 15 is 0 Å². The fourth-order valence-electron chi connectivity index (χ4n) is 2.33. The second-order valence-electron chi connectivity index (χ2n) is 4.39. The van der Waals surface area contributed by atoms with Crippen molar-refractivity contribution in [2.75, 3.05) is 18.1 Å². The summed E-state index contributed by atoms with van der Waals surface area (Å²) in [5, 5.41) is 9.77. The fraction of sp³-hybridized carbons (Fsp3) is 0.462. The van der Waals surface area contributed by atoms with Crippen LogP contribution in [0.2, 0.25) is 5.02 Å². The van der Waals surface area contributed by atoms with E-state index in [9.17, 15) is 9.90 Å². The molecule has 1 atom stereocenters. The normalized spacial score (nSPS) is 19.7. The minimum Gasteiger partial charge on any atom is -0.394 e. The number of ketones is 1. The molecule has 1 aliphatic heterocycles. The summed E-state index contributed by atoms with van der Waals surface area (Å²) in [6.45, 7) is 2.60. The Hall–Kier alpha value is -1.06. The van der Waals surface area contributed by atoms with E-state index in [0.717, 1.165) is 25.1 Å². The minimum absolute atomic E-state index is 0.0262. The lowest BCUT2D eigenvalue weighted by molar-refractivity contribution is 0.101. The molecule has 0 aromatic heterocycles. The number of halogens is 1. The largest absolute Gasteiger partial charge is 0.394 e. The summed E-state index contributed by atoms with van der Waals surface area (Å²) in [5.41, 5.74) is 1.53. The molecule has 1 unspecified atom stereocenters. The van der Waals surface area contributed by atoms with Gasteiger partial charge in [-0.25, -0.2) is 0 Å². The standard InChI is InChI=1S/C13H16ClNO2/c1-9(17)12-5-4-10(7-13(12)14)15-6-2-3-11(15)8-16/h4-5,7,11,16H,2-3,6,8H2,1H3. The SMILES string of the molecule is CC(=O)c1ccc(N2CCCC2CO)cc1Cl. The van der Waals surface area contributed by atoms with Gasteiger partial charge in [0.15, 0.2) is 5.78 Å². The van der Waals surface area contributed by atoms with Gasteiger partial charge in [0, 0.05) is 17.8 Å². The quantitative estimate of drug-likeness (QED) is 0.842. The molecule has 0 radical (unpaired) electrons. The van der Waals surface area contributed by atoms with Crippen molar-refractivity contribution in [1.82, 2.24) is 0 Å². The Morgan fingerprint density at radius 1 is 1.59 bits per heavy atom. The lowest BCUT2D eigenvalue weighted by atomic mass is 10.1. The summed E-state index contributed by atoms with van der Waals surface area (Å²) in [6, 6.07) is 5.64. The lowest BCUT2D eigenvalue weighted by Crippen LogP contribution is -2.31. The Morgan fingerprint density at radius 2 is 2.35 bits per heavy atom. The van der Waals surface area contributed by atoms with E-state index in [1.54, 1.807) is 6.07 Å². The molecule has 1 heterocycles. The van der Waals surface area contributed by atoms with Crippen molar-refractivity contribution in [3.05, 3.63) is 28.8 Å². The highest BCUT2D eigenvalue weighted by molar-refractivity contribution is 6.34. The van der Waals surface area contributed by atoms with Gasteiger partial charge in [-0.15, -0.1) is 0 Å². The van der Waals surface area contributed by atoms with Gasteiger partial charge in [0.05, 0.1) is 17.7 Å². The molecule has 0 saturated carbocycles. The molecule has 92 valence electrons. The number of hydrogen-bond acceptors (Lipinski definition) is 3. The number of Topliss-reactive ketones (excluding diaryl/α,β-unsaturated/α-hetero) is 1. The highest BCUT2D eigenvalue weighted by Crippen LogP contribution is 2.29. The van der Waals surface area contributed by atoms with E-state index in [-0.39, 0.29) is 18.4 Å². The third-order valence-corrected chi connectivity index (χ3v) is 3.56. The first-order valence-electron chi connectivity index (χ1n) is 5.81. The van der Waals surface area contributed by atoms with E-state index in [4.69, 9.17) is 11.6 Å². The number of aliphatic hydroxyl groups excluding tert-OH is 1. The molecule has 1 aromatic carbocycles. The van der Waals surface area contributed by atoms with Crippen molar-refractivity contribution in [3.63, 3.8) is 0 Å². The molecule has 0 spiro atoms. The van der Waals surface area contributed by atoms with E-state index < -0.39 is 0 Å². The highest BCUT2D eigenvalue weighted by atomic mass is 35.5. The van der Waals surface area contributed by atoms with Crippen LogP contribution in [0.3, 0.4) is 0 Å². The summed E-state index contributed by atoms with van der Waals surface area (Å²) in [7, 11) is 0. The summed E-state index contributed by atoms with van der Waals surface area (Å²) >= 11 is 6.08. The third-order valence-electron chi connectivity index (χ3n) is 3.25. The van der Waals surface area contributed by atoms with Gasteiger partial charge in [0.1, 0.15) is 0 Å². The first-order valence-corrected chi connectivity index (χ1v) is 6.19. The maximum atomic E-state index is 11.3. The number of anilines is 1. The zero-order valence-corrected chi connectivity index (χ0v) is 10.6. The summed E-state index contributed by atoms with van der Waals surface area (Å²) in [4.78, 5) is 13.4. The number of hydrogen-bond donors (Lipinski definition) is 1. The zero-order chi connectivity index (χ0) is 12.4. The molecule has 2 rings (SSSR count). The van der Waals surface area contributed by atoms with E-state index in [0.29, 0.717) is 10.6 Å². The second-order valence-corrected chi connectivity index (χ2v) is 4.80. The second kappa shape index (κ2) is 5.07. The van der Waals surface area contributed by atoms with Crippen molar-refractivity contribution in [2.24, 2.45) is 0 Å². The smallest absolute Gasteiger partial charge is 0.161 e. The van der Waals surface area contributed by atoms with Gasteiger partial charge in [-0.05, 0) is 38.0 Å². The monoisotopic (exact) mass is 253 g/mol. The van der Waals surface area contributed by atoms with Crippen LogP contribution >= 0.6 is 11.6 Å². The van der Waals surface area contributed by atoms with Gasteiger partial charge in [0.2, 0.25) is 0 Å². The predicted octanol–water partition coefficient (Wildman–Crippen LogP) is 2.50. The molecule has 17 heavy (non-hydrogen) atoms. The maximum Gasteiger partial charge on any atom is 0.161 e. The van der Waals surface area contributed by atoms with Crippen LogP contribution in [0.25, 0.3) is 0 Å². The van der Waals surface area contributed by atoms with Gasteiger partial charge in [0.25, 0.3) is 0 Å². The lowest BCUT2D eigenvalue weighted by Gasteiger charge is -2.25. The van der Waals surface area contributed by atoms with Crippen LogP contribution in [0.5, 0.6) is 0 Å². The molecule has 0 bridgehead atoms. The van der Waals surface area contributed by atoms with Crippen LogP contribution < -0.4 is 4.90 Å². The average molecular weight is 254 g/mol. The van der Waals surface area contributed by atoms with E-state index in [1.165, 1.54) is 6.92 Å². The van der Waals surface area contributed by atoms with Gasteiger partial charge in [-0.2, -0.15) is 0 Å². The highest BCUT2D eigenvalue weighted by Gasteiger charge is 2.24. The Morgan fingerprint density at radius 3 is 2.94 bits per heavy atom. The van der Waals surface area contributed by atoms with Crippen molar-refractivity contribution < 1.29 is 9.90 Å². The van der Waals surface area contributed by atoms with Crippen molar-refractivity contribution >= 4 is 23.1 Å². The van der Waals surface area contributed by atoms with Crippen LogP contribution in [0, 0.1) is 0 Å². The molecule has 0 aliphatic carbocycles. The van der Waals surface area contributed by atoms with Crippen molar-refractivity contribution in [2.45, 2.75) is 25.8 Å². The Bertz CT molecular complexity index is 433. The number of rotatable bonds is 3. The molecule has 1 N–H and O–H groups in total. The molecule has 3 nitrogen and oxygen atoms in total. The average Bonchev–Trinajstić information content (AvgIpc) is 2.76. The van der Waals surface area contributed by atoms with Gasteiger partial charge in [-0.1, -0.05) is 11.6 Å². The van der Waals surface area contributed by atoms with E-state index in [2.05, 4.69) is 4.90 Å². The van der Waals surface area contributed by atoms with Crippen molar-refractivity contribution in [1.29, 1.82) is 0 Å². The zero-order valence-electron chi connectivity index (χ0n) is 9.82. The Labute approximate surface area is 106 Å². The maximum absolute atomic E-state index is 11.3. The fourth-order valence-corrected chi connectivity index (χ4v) is 2.64. The molecule has 1 aliphatic rings. The molecule has 1 aromatic rings. The minimum atomic E-state index is -0.0262. The Kier molecular flexibility index (Phi) is 3.69. The molecule has 4 heteroatoms. The molecule has 1 fully saturated rings. The molecule has 1 saturated heterocycles. The number of nitrogens with zero attached hydrogens (tertiary/aromatic N) is 1. The first kappa shape index (κ1) is 12.4. The van der Waals surface area contributed by atoms with Crippen LogP contribution in [0.1, 0.15) is 30.1 Å². The number of carbonyl (C=O) groups excluding carboxylic acids is 1. The molecule has 0 amide bonds. The number of carbonyl (C=O) groups is 1. The summed E-state index contributed by atoms with van der Waals surface area (Å²) in [5.74, 6) is -0.0262. The van der Waals surface area contributed by atoms with Crippen LogP contribution in [0.4, 0.5) is 5.69 Å². The first-order chi connectivity index (χ1) is 8.13. The van der Waals surface area contributed by atoms with Gasteiger partial charge >= 0.3 is 0 Å². The predicted molar refractivity (Wildman–Crippen MR) is 68.9 cm³/mol. The van der Waals surface area contributed by atoms with Crippen LogP contribution in [0.15, 0.2) is 18.2 Å².